The molecular weight excluding hydrogens is 196 g/mol. The Labute approximate surface area is 88.3 Å². The third-order valence-corrected chi connectivity index (χ3v) is 2.91. The molecule has 0 radical (unpaired) electrons. The summed E-state index contributed by atoms with van der Waals surface area (Å²) in [6.07, 6.45) is 0.931. The van der Waals surface area contributed by atoms with E-state index >= 15 is 0 Å². The average molecular weight is 212 g/mol. The van der Waals surface area contributed by atoms with E-state index in [1.807, 2.05) is 0 Å². The van der Waals surface area contributed by atoms with Crippen molar-refractivity contribution in [2.75, 3.05) is 6.54 Å². The van der Waals surface area contributed by atoms with Gasteiger partial charge in [0.25, 0.3) is 0 Å². The molecule has 0 aliphatic carbocycles. The number of carbonyl (C=O) groups excluding carboxylic acids is 1. The van der Waals surface area contributed by atoms with Gasteiger partial charge in [-0.1, -0.05) is 0 Å². The third-order valence-electron chi connectivity index (χ3n) is 2.18. The Morgan fingerprint density at radius 1 is 1.64 bits per heavy atom. The molecule has 78 valence electrons. The molecule has 4 heteroatoms. The molecule has 0 spiro atoms. The molecule has 1 aromatic rings. The Kier molecular flexibility index (Phi) is 3.66. The Bertz CT molecular complexity index is 293. The number of carbonyl (C=O) groups is 1. The van der Waals surface area contributed by atoms with E-state index in [1.165, 1.54) is 5.56 Å². The number of amides is 1. The Balaban J connectivity index is 2.31. The Morgan fingerprint density at radius 2 is 2.36 bits per heavy atom. The highest BCUT2D eigenvalue weighted by atomic mass is 32.1. The molecule has 0 fully saturated rings. The van der Waals surface area contributed by atoms with Crippen LogP contribution in [0.4, 0.5) is 0 Å². The van der Waals surface area contributed by atoms with Crippen LogP contribution in [0.1, 0.15) is 19.4 Å². The molecule has 0 atom stereocenters. The van der Waals surface area contributed by atoms with Gasteiger partial charge in [0, 0.05) is 6.54 Å². The molecule has 0 aromatic carbocycles. The second-order valence-corrected chi connectivity index (χ2v) is 4.58. The normalized spacial score (nSPS) is 11.6. The van der Waals surface area contributed by atoms with Crippen LogP contribution in [0.2, 0.25) is 0 Å². The highest BCUT2D eigenvalue weighted by Crippen LogP contribution is 2.07. The number of primary amides is 1. The number of nitrogens with two attached hydrogens (primary N) is 1. The lowest BCUT2D eigenvalue weighted by Crippen LogP contribution is -2.51. The number of hydrogen-bond donors (Lipinski definition) is 2. The number of nitrogens with one attached hydrogen (secondary N) is 1. The van der Waals surface area contributed by atoms with Crippen molar-refractivity contribution in [3.63, 3.8) is 0 Å². The van der Waals surface area contributed by atoms with Gasteiger partial charge >= 0.3 is 0 Å². The molecule has 0 saturated heterocycles. The maximum atomic E-state index is 11.0. The van der Waals surface area contributed by atoms with Crippen LogP contribution in [0.25, 0.3) is 0 Å². The summed E-state index contributed by atoms with van der Waals surface area (Å²) < 4.78 is 0. The lowest BCUT2D eigenvalue weighted by molar-refractivity contribution is -0.123. The highest BCUT2D eigenvalue weighted by molar-refractivity contribution is 7.07. The molecule has 0 aliphatic rings. The first-order chi connectivity index (χ1) is 6.52. The van der Waals surface area contributed by atoms with Crippen LogP contribution in [-0.2, 0) is 11.2 Å². The first-order valence-corrected chi connectivity index (χ1v) is 5.52. The van der Waals surface area contributed by atoms with Crippen molar-refractivity contribution in [2.24, 2.45) is 5.73 Å². The molecule has 1 heterocycles. The first kappa shape index (κ1) is 11.2. The summed E-state index contributed by atoms with van der Waals surface area (Å²) in [6.45, 7) is 4.36. The number of thiophene rings is 1. The predicted molar refractivity (Wildman–Crippen MR) is 59.3 cm³/mol. The van der Waals surface area contributed by atoms with Crippen molar-refractivity contribution in [2.45, 2.75) is 25.8 Å². The van der Waals surface area contributed by atoms with Crippen LogP contribution in [0.5, 0.6) is 0 Å². The largest absolute Gasteiger partial charge is 0.368 e. The average Bonchev–Trinajstić information content (AvgIpc) is 2.56. The molecule has 3 N–H and O–H groups in total. The minimum absolute atomic E-state index is 0.317. The van der Waals surface area contributed by atoms with E-state index < -0.39 is 5.54 Å². The van der Waals surface area contributed by atoms with Crippen LogP contribution < -0.4 is 11.1 Å². The first-order valence-electron chi connectivity index (χ1n) is 4.58. The maximum absolute atomic E-state index is 11.0. The number of hydrogen-bond acceptors (Lipinski definition) is 3. The van der Waals surface area contributed by atoms with Gasteiger partial charge in [-0.15, -0.1) is 0 Å². The van der Waals surface area contributed by atoms with Gasteiger partial charge in [0.2, 0.25) is 5.91 Å². The standard InChI is InChI=1S/C10H16N2OS/c1-10(2,9(11)13)12-5-3-8-4-6-14-7-8/h4,6-7,12H,3,5H2,1-2H3,(H2,11,13). The molecule has 0 bridgehead atoms. The summed E-state index contributed by atoms with van der Waals surface area (Å²) in [5, 5.41) is 7.29. The topological polar surface area (TPSA) is 55.1 Å². The summed E-state index contributed by atoms with van der Waals surface area (Å²) in [7, 11) is 0. The van der Waals surface area contributed by atoms with Gasteiger partial charge in [0.05, 0.1) is 5.54 Å². The van der Waals surface area contributed by atoms with Crippen molar-refractivity contribution in [1.29, 1.82) is 0 Å². The smallest absolute Gasteiger partial charge is 0.237 e. The molecule has 3 nitrogen and oxygen atoms in total. The molecule has 14 heavy (non-hydrogen) atoms. The second kappa shape index (κ2) is 4.57. The zero-order valence-electron chi connectivity index (χ0n) is 8.54. The van der Waals surface area contributed by atoms with E-state index in [4.69, 9.17) is 5.73 Å². The quantitative estimate of drug-likeness (QED) is 0.769. The summed E-state index contributed by atoms with van der Waals surface area (Å²) in [4.78, 5) is 11.0. The van der Waals surface area contributed by atoms with E-state index in [0.717, 1.165) is 13.0 Å². The molecule has 0 saturated carbocycles. The van der Waals surface area contributed by atoms with Gasteiger partial charge in [0.15, 0.2) is 0 Å². The fourth-order valence-electron chi connectivity index (χ4n) is 1.04. The zero-order valence-corrected chi connectivity index (χ0v) is 9.36. The Hall–Kier alpha value is -0.870. The van der Waals surface area contributed by atoms with Crippen LogP contribution in [-0.4, -0.2) is 18.0 Å². The lowest BCUT2D eigenvalue weighted by Gasteiger charge is -2.21. The van der Waals surface area contributed by atoms with E-state index in [0.29, 0.717) is 0 Å². The molecule has 1 aromatic heterocycles. The fraction of sp³-hybridized carbons (Fsp3) is 0.500. The van der Waals surface area contributed by atoms with Crippen LogP contribution in [0, 0.1) is 0 Å². The zero-order chi connectivity index (χ0) is 10.6. The fourth-order valence-corrected chi connectivity index (χ4v) is 1.74. The van der Waals surface area contributed by atoms with E-state index in [1.54, 1.807) is 25.2 Å². The molecule has 1 amide bonds. The van der Waals surface area contributed by atoms with E-state index in [2.05, 4.69) is 22.1 Å². The molecular formula is C10H16N2OS. The molecule has 1 rings (SSSR count). The minimum atomic E-state index is -0.615. The van der Waals surface area contributed by atoms with Crippen LogP contribution in [0.3, 0.4) is 0 Å². The van der Waals surface area contributed by atoms with Gasteiger partial charge in [-0.2, -0.15) is 11.3 Å². The van der Waals surface area contributed by atoms with Gasteiger partial charge in [-0.3, -0.25) is 4.79 Å². The maximum Gasteiger partial charge on any atom is 0.237 e. The van der Waals surface area contributed by atoms with Crippen molar-refractivity contribution >= 4 is 17.2 Å². The summed E-state index contributed by atoms with van der Waals surface area (Å²) in [5.41, 5.74) is 5.91. The highest BCUT2D eigenvalue weighted by Gasteiger charge is 2.23. The lowest BCUT2D eigenvalue weighted by atomic mass is 10.0. The predicted octanol–water partition coefficient (Wildman–Crippen LogP) is 1.14. The van der Waals surface area contributed by atoms with Gasteiger partial charge in [0.1, 0.15) is 0 Å². The summed E-state index contributed by atoms with van der Waals surface area (Å²) in [5.74, 6) is -0.317. The van der Waals surface area contributed by atoms with E-state index in [-0.39, 0.29) is 5.91 Å². The SMILES string of the molecule is CC(C)(NCCc1ccsc1)C(N)=O. The van der Waals surface area contributed by atoms with Crippen molar-refractivity contribution < 1.29 is 4.79 Å². The monoisotopic (exact) mass is 212 g/mol. The summed E-state index contributed by atoms with van der Waals surface area (Å²) in [6, 6.07) is 2.09. The third kappa shape index (κ3) is 3.12. The van der Waals surface area contributed by atoms with E-state index in [9.17, 15) is 4.79 Å². The minimum Gasteiger partial charge on any atom is -0.368 e. The van der Waals surface area contributed by atoms with Gasteiger partial charge in [-0.05, 0) is 42.7 Å². The number of rotatable bonds is 5. The second-order valence-electron chi connectivity index (χ2n) is 3.80. The molecule has 0 unspecified atom stereocenters. The van der Waals surface area contributed by atoms with Gasteiger partial charge in [-0.25, -0.2) is 0 Å². The van der Waals surface area contributed by atoms with Gasteiger partial charge < -0.3 is 11.1 Å². The Morgan fingerprint density at radius 3 is 2.86 bits per heavy atom. The van der Waals surface area contributed by atoms with Crippen molar-refractivity contribution in [3.8, 4) is 0 Å². The van der Waals surface area contributed by atoms with Crippen LogP contribution >= 0.6 is 11.3 Å². The van der Waals surface area contributed by atoms with Crippen molar-refractivity contribution in [1.82, 2.24) is 5.32 Å². The molecule has 0 aliphatic heterocycles. The van der Waals surface area contributed by atoms with Crippen molar-refractivity contribution in [3.05, 3.63) is 22.4 Å². The summed E-state index contributed by atoms with van der Waals surface area (Å²) >= 11 is 1.68. The van der Waals surface area contributed by atoms with Crippen LogP contribution in [0.15, 0.2) is 16.8 Å².